The van der Waals surface area contributed by atoms with Crippen molar-refractivity contribution in [3.05, 3.63) is 20.8 Å². The van der Waals surface area contributed by atoms with Gasteiger partial charge in [0, 0.05) is 6.42 Å². The number of aromatic nitrogens is 2. The minimum absolute atomic E-state index is 0.296. The molecule has 16 heavy (non-hydrogen) atoms. The van der Waals surface area contributed by atoms with Crippen molar-refractivity contribution in [1.82, 2.24) is 9.97 Å². The molecule has 86 valence electrons. The normalized spacial score (nSPS) is 18.4. The summed E-state index contributed by atoms with van der Waals surface area (Å²) in [5, 5.41) is 0. The van der Waals surface area contributed by atoms with Crippen LogP contribution in [0, 0.1) is 0 Å². The number of fused-ring (bicyclic) bond motifs is 1. The summed E-state index contributed by atoms with van der Waals surface area (Å²) in [5.41, 5.74) is -0.688. The summed E-state index contributed by atoms with van der Waals surface area (Å²) >= 11 is 5.17. The Bertz CT molecular complexity index is 545. The molecule has 1 aliphatic heterocycles. The first kappa shape index (κ1) is 11.2. The molecule has 6 nitrogen and oxygen atoms in total. The lowest BCUT2D eigenvalue weighted by molar-refractivity contribution is -0.556. The van der Waals surface area contributed by atoms with E-state index in [0.29, 0.717) is 15.8 Å². The zero-order valence-electron chi connectivity index (χ0n) is 8.79. The Labute approximate surface area is 97.0 Å². The lowest BCUT2D eigenvalue weighted by Crippen LogP contribution is -3.05. The largest absolute Gasteiger partial charge is 0.482 e. The third-order valence-corrected chi connectivity index (χ3v) is 2.87. The van der Waals surface area contributed by atoms with Crippen molar-refractivity contribution in [3.8, 4) is 0 Å². The number of aromatic amines is 2. The van der Waals surface area contributed by atoms with Crippen LogP contribution >= 0.6 is 0 Å². The van der Waals surface area contributed by atoms with Gasteiger partial charge in [0.25, 0.3) is 0 Å². The van der Waals surface area contributed by atoms with E-state index in [1.807, 2.05) is 0 Å². The fraction of sp³-hybridized carbons (Fsp3) is 0.444. The highest BCUT2D eigenvalue weighted by Crippen LogP contribution is 2.17. The van der Waals surface area contributed by atoms with Gasteiger partial charge in [-0.2, -0.15) is 4.99 Å². The minimum atomic E-state index is -0.549. The predicted molar refractivity (Wildman–Crippen MR) is 62.3 cm³/mol. The Kier molecular flexibility index (Phi) is 2.97. The highest BCUT2D eigenvalue weighted by atomic mass is 32.1. The smallest absolute Gasteiger partial charge is 0.327 e. The van der Waals surface area contributed by atoms with Gasteiger partial charge in [-0.3, -0.25) is 14.8 Å². The number of hydrogen-bond acceptors (Lipinski definition) is 4. The van der Waals surface area contributed by atoms with Crippen LogP contribution in [-0.2, 0) is 12.8 Å². The molecule has 0 aromatic carbocycles. The molecule has 2 rings (SSSR count). The molecule has 1 aromatic heterocycles. The number of nitrogens with one attached hydrogen (secondary N) is 3. The monoisotopic (exact) mass is 240 g/mol. The van der Waals surface area contributed by atoms with Gasteiger partial charge in [0.05, 0.1) is 0 Å². The maximum absolute atomic E-state index is 11.5. The molecule has 0 saturated carbocycles. The first-order chi connectivity index (χ1) is 7.63. The summed E-state index contributed by atoms with van der Waals surface area (Å²) < 4.78 is 0.459. The van der Waals surface area contributed by atoms with Crippen molar-refractivity contribution in [3.63, 3.8) is 0 Å². The maximum atomic E-state index is 11.5. The number of aliphatic imine (C=N–C) groups is 1. The van der Waals surface area contributed by atoms with Crippen LogP contribution in [0.5, 0.6) is 0 Å². The van der Waals surface area contributed by atoms with E-state index in [1.54, 1.807) is 0 Å². The SMILES string of the molecule is CCCCC1=Nc2[nH]c(=O)[nH]c(=O)c2[NH+]1[S-]. The summed E-state index contributed by atoms with van der Waals surface area (Å²) in [4.78, 5) is 31.4. The highest BCUT2D eigenvalue weighted by molar-refractivity contribution is 7.51. The number of amidine groups is 1. The molecule has 0 spiro atoms. The van der Waals surface area contributed by atoms with Crippen LogP contribution in [-0.4, -0.2) is 15.8 Å². The molecule has 1 atom stereocenters. The molecule has 0 saturated heterocycles. The second kappa shape index (κ2) is 4.26. The fourth-order valence-electron chi connectivity index (χ4n) is 1.61. The van der Waals surface area contributed by atoms with Crippen molar-refractivity contribution < 1.29 is 4.31 Å². The first-order valence-corrected chi connectivity index (χ1v) is 5.53. The number of hydrogen-bond donors (Lipinski definition) is 3. The summed E-state index contributed by atoms with van der Waals surface area (Å²) in [5.74, 6) is 1.02. The van der Waals surface area contributed by atoms with Gasteiger partial charge in [0.15, 0.2) is 5.84 Å². The number of rotatable bonds is 3. The second-order valence-corrected chi connectivity index (χ2v) is 4.03. The fourth-order valence-corrected chi connectivity index (χ4v) is 1.95. The molecule has 3 N–H and O–H groups in total. The lowest BCUT2D eigenvalue weighted by atomic mass is 10.2. The van der Waals surface area contributed by atoms with Gasteiger partial charge in [0.2, 0.25) is 11.5 Å². The topological polar surface area (TPSA) is 82.5 Å². The molecule has 1 aliphatic rings. The van der Waals surface area contributed by atoms with Crippen molar-refractivity contribution in [2.75, 3.05) is 0 Å². The molecule has 2 heterocycles. The summed E-state index contributed by atoms with van der Waals surface area (Å²) in [7, 11) is 0. The molecule has 0 amide bonds. The summed E-state index contributed by atoms with van der Waals surface area (Å²) in [6, 6.07) is 0. The van der Waals surface area contributed by atoms with Crippen LogP contribution in [0.1, 0.15) is 26.2 Å². The van der Waals surface area contributed by atoms with Gasteiger partial charge < -0.3 is 17.1 Å². The predicted octanol–water partition coefficient (Wildman–Crippen LogP) is -0.725. The standard InChI is InChI=1S/C9H12N4O2S/c1-2-3-4-5-10-7-6(13(5)16)8(14)12-9(15)11-7/h13H,2-4H2,1H3,(H2,11,12,14,15). The van der Waals surface area contributed by atoms with Crippen LogP contribution in [0.4, 0.5) is 11.5 Å². The van der Waals surface area contributed by atoms with Crippen LogP contribution in [0.25, 0.3) is 0 Å². The van der Waals surface area contributed by atoms with Crippen molar-refractivity contribution >= 4 is 30.2 Å². The van der Waals surface area contributed by atoms with E-state index < -0.39 is 11.2 Å². The zero-order valence-corrected chi connectivity index (χ0v) is 9.61. The van der Waals surface area contributed by atoms with E-state index in [1.165, 1.54) is 0 Å². The Morgan fingerprint density at radius 3 is 2.81 bits per heavy atom. The van der Waals surface area contributed by atoms with Crippen molar-refractivity contribution in [1.29, 1.82) is 0 Å². The second-order valence-electron chi connectivity index (χ2n) is 3.62. The Morgan fingerprint density at radius 2 is 2.12 bits per heavy atom. The molecule has 0 bridgehead atoms. The van der Waals surface area contributed by atoms with Gasteiger partial charge in [-0.1, -0.05) is 13.3 Å². The van der Waals surface area contributed by atoms with E-state index >= 15 is 0 Å². The number of nitrogens with zero attached hydrogens (tertiary/aromatic N) is 1. The molecule has 0 radical (unpaired) electrons. The Morgan fingerprint density at radius 1 is 1.38 bits per heavy atom. The molecule has 0 aliphatic carbocycles. The zero-order chi connectivity index (χ0) is 11.7. The van der Waals surface area contributed by atoms with Gasteiger partial charge >= 0.3 is 11.2 Å². The molecule has 1 unspecified atom stereocenters. The molecular weight excluding hydrogens is 228 g/mol. The van der Waals surface area contributed by atoms with Crippen LogP contribution in [0.3, 0.4) is 0 Å². The third kappa shape index (κ3) is 1.83. The lowest BCUT2D eigenvalue weighted by Gasteiger charge is -2.17. The number of H-pyrrole nitrogens is 2. The third-order valence-electron chi connectivity index (χ3n) is 2.43. The van der Waals surface area contributed by atoms with Crippen LogP contribution in [0.15, 0.2) is 14.6 Å². The summed E-state index contributed by atoms with van der Waals surface area (Å²) in [6.07, 6.45) is 2.74. The van der Waals surface area contributed by atoms with Crippen LogP contribution < -0.4 is 15.6 Å². The average molecular weight is 240 g/mol. The Balaban J connectivity index is 2.40. The van der Waals surface area contributed by atoms with Crippen LogP contribution in [0.2, 0.25) is 0 Å². The van der Waals surface area contributed by atoms with E-state index in [-0.39, 0.29) is 0 Å². The first-order valence-electron chi connectivity index (χ1n) is 5.12. The Hall–Kier alpha value is -1.34. The van der Waals surface area contributed by atoms with Crippen molar-refractivity contribution in [2.24, 2.45) is 4.99 Å². The number of quaternary nitrogens is 1. The highest BCUT2D eigenvalue weighted by Gasteiger charge is 2.26. The average Bonchev–Trinajstić information content (AvgIpc) is 2.52. The van der Waals surface area contributed by atoms with Gasteiger partial charge in [-0.05, 0) is 6.42 Å². The maximum Gasteiger partial charge on any atom is 0.327 e. The summed E-state index contributed by atoms with van der Waals surface area (Å²) in [6.45, 7) is 2.07. The molecule has 7 heteroatoms. The minimum Gasteiger partial charge on any atom is -0.482 e. The number of unbranched alkanes of at least 4 members (excludes halogenated alkanes) is 1. The molecule has 0 fully saturated rings. The van der Waals surface area contributed by atoms with E-state index in [0.717, 1.165) is 25.1 Å². The van der Waals surface area contributed by atoms with E-state index in [2.05, 4.69) is 21.9 Å². The quantitative estimate of drug-likeness (QED) is 0.609. The van der Waals surface area contributed by atoms with Crippen molar-refractivity contribution in [2.45, 2.75) is 26.2 Å². The van der Waals surface area contributed by atoms with Gasteiger partial charge in [-0.25, -0.2) is 4.79 Å². The van der Waals surface area contributed by atoms with Gasteiger partial charge in [-0.15, -0.1) is 0 Å². The molecule has 1 aromatic rings. The van der Waals surface area contributed by atoms with E-state index in [9.17, 15) is 9.59 Å². The van der Waals surface area contributed by atoms with E-state index in [4.69, 9.17) is 12.8 Å². The van der Waals surface area contributed by atoms with Gasteiger partial charge in [0.1, 0.15) is 0 Å². The molecular formula is C9H12N4O2S.